The molecule has 0 saturated heterocycles. The lowest BCUT2D eigenvalue weighted by molar-refractivity contribution is 0.187. The van der Waals surface area contributed by atoms with Gasteiger partial charge in [-0.1, -0.05) is 49.6 Å². The maximum Gasteiger partial charge on any atom is 0.322 e. The summed E-state index contributed by atoms with van der Waals surface area (Å²) in [6, 6.07) is 17.5. The highest BCUT2D eigenvalue weighted by molar-refractivity contribution is 6.31. The molecule has 0 spiro atoms. The third kappa shape index (κ3) is 6.09. The van der Waals surface area contributed by atoms with Crippen LogP contribution in [0.25, 0.3) is 16.6 Å². The van der Waals surface area contributed by atoms with Crippen molar-refractivity contribution in [2.45, 2.75) is 53.0 Å². The Labute approximate surface area is 234 Å². The van der Waals surface area contributed by atoms with E-state index in [1.54, 1.807) is 46.9 Å². The first-order valence-corrected chi connectivity index (χ1v) is 13.6. The van der Waals surface area contributed by atoms with Crippen LogP contribution < -0.4 is 15.6 Å². The van der Waals surface area contributed by atoms with Crippen LogP contribution in [0.2, 0.25) is 5.02 Å². The number of nitrogens with zero attached hydrogens (tertiary/aromatic N) is 3. The number of unbranched alkanes of at least 4 members (excludes halogenated alkanes) is 2. The number of halogens is 1. The fraction of sp³-hybridized carbons (Fsp3) is 0.323. The molecule has 1 heterocycles. The zero-order chi connectivity index (χ0) is 28.1. The van der Waals surface area contributed by atoms with Gasteiger partial charge in [-0.25, -0.2) is 9.78 Å². The van der Waals surface area contributed by atoms with Gasteiger partial charge in [0, 0.05) is 17.3 Å². The highest BCUT2D eigenvalue weighted by Gasteiger charge is 2.27. The van der Waals surface area contributed by atoms with Crippen molar-refractivity contribution in [1.29, 1.82) is 0 Å². The van der Waals surface area contributed by atoms with Crippen LogP contribution in [0.3, 0.4) is 0 Å². The molecule has 7 nitrogen and oxygen atoms in total. The largest absolute Gasteiger partial charge is 0.497 e. The summed E-state index contributed by atoms with van der Waals surface area (Å²) < 4.78 is 6.90. The van der Waals surface area contributed by atoms with Crippen LogP contribution in [0, 0.1) is 13.8 Å². The number of nitrogens with one attached hydrogen (secondary N) is 1. The maximum atomic E-state index is 13.9. The molecular formula is C31H35ClN4O3. The van der Waals surface area contributed by atoms with Crippen LogP contribution in [0.15, 0.2) is 65.5 Å². The maximum absolute atomic E-state index is 13.9. The summed E-state index contributed by atoms with van der Waals surface area (Å²) in [6.45, 7) is 8.50. The molecular weight excluding hydrogens is 512 g/mol. The number of benzene rings is 3. The van der Waals surface area contributed by atoms with Crippen molar-refractivity contribution >= 4 is 34.2 Å². The number of anilines is 1. The average Bonchev–Trinajstić information content (AvgIpc) is 2.92. The molecule has 1 aromatic heterocycles. The van der Waals surface area contributed by atoms with E-state index in [1.807, 2.05) is 51.1 Å². The fourth-order valence-electron chi connectivity index (χ4n) is 4.77. The van der Waals surface area contributed by atoms with Crippen molar-refractivity contribution < 1.29 is 9.53 Å². The van der Waals surface area contributed by atoms with Crippen LogP contribution in [0.5, 0.6) is 5.75 Å². The van der Waals surface area contributed by atoms with E-state index in [4.69, 9.17) is 21.3 Å². The van der Waals surface area contributed by atoms with Crippen molar-refractivity contribution in [1.82, 2.24) is 14.5 Å². The number of urea groups is 1. The molecule has 0 bridgehead atoms. The first kappa shape index (κ1) is 28.2. The summed E-state index contributed by atoms with van der Waals surface area (Å²) in [4.78, 5) is 34.4. The average molecular weight is 547 g/mol. The number of ether oxygens (including phenoxy) is 1. The lowest BCUT2D eigenvalue weighted by atomic mass is 10.1. The van der Waals surface area contributed by atoms with Gasteiger partial charge in [0.2, 0.25) is 0 Å². The quantitative estimate of drug-likeness (QED) is 0.221. The summed E-state index contributed by atoms with van der Waals surface area (Å²) in [5, 5.41) is 4.06. The van der Waals surface area contributed by atoms with E-state index in [1.165, 1.54) is 0 Å². The standard InChI is InChI=1S/C31H35ClN4O3/c1-6-7-8-18-35(31(38)34-28-20(2)10-9-11-21(28)3)22(4)29-33-27-19-23(32)12-17-26(27)30(37)36(29)24-13-15-25(39-5)16-14-24/h9-17,19,22H,6-8,18H2,1-5H3,(H,34,38). The van der Waals surface area contributed by atoms with Gasteiger partial charge in [0.1, 0.15) is 11.6 Å². The second kappa shape index (κ2) is 12.3. The molecule has 0 saturated carbocycles. The van der Waals surface area contributed by atoms with Gasteiger partial charge >= 0.3 is 6.03 Å². The molecule has 1 unspecified atom stereocenters. The van der Waals surface area contributed by atoms with Crippen molar-refractivity contribution in [3.8, 4) is 11.4 Å². The number of hydrogen-bond donors (Lipinski definition) is 1. The van der Waals surface area contributed by atoms with Crippen molar-refractivity contribution in [2.75, 3.05) is 19.0 Å². The highest BCUT2D eigenvalue weighted by atomic mass is 35.5. The number of para-hydroxylation sites is 1. The Morgan fingerprint density at radius 3 is 2.41 bits per heavy atom. The minimum absolute atomic E-state index is 0.229. The van der Waals surface area contributed by atoms with Crippen LogP contribution >= 0.6 is 11.6 Å². The van der Waals surface area contributed by atoms with Gasteiger partial charge in [-0.3, -0.25) is 9.36 Å². The highest BCUT2D eigenvalue weighted by Crippen LogP contribution is 2.27. The van der Waals surface area contributed by atoms with Crippen LogP contribution in [-0.2, 0) is 0 Å². The van der Waals surface area contributed by atoms with Crippen molar-refractivity contribution in [2.24, 2.45) is 0 Å². The van der Waals surface area contributed by atoms with Crippen LogP contribution in [0.4, 0.5) is 10.5 Å². The number of carbonyl (C=O) groups excluding carboxylic acids is 1. The Morgan fingerprint density at radius 1 is 1.08 bits per heavy atom. The van der Waals surface area contributed by atoms with Crippen LogP contribution in [-0.4, -0.2) is 34.1 Å². The summed E-state index contributed by atoms with van der Waals surface area (Å²) in [5.74, 6) is 1.13. The van der Waals surface area contributed by atoms with Gasteiger partial charge in [-0.15, -0.1) is 0 Å². The molecule has 8 heteroatoms. The number of hydrogen-bond acceptors (Lipinski definition) is 4. The number of aryl methyl sites for hydroxylation is 2. The van der Waals surface area contributed by atoms with Crippen molar-refractivity contribution in [3.63, 3.8) is 0 Å². The van der Waals surface area contributed by atoms with Gasteiger partial charge in [0.15, 0.2) is 0 Å². The number of methoxy groups -OCH3 is 1. The summed E-state index contributed by atoms with van der Waals surface area (Å²) >= 11 is 6.27. The first-order chi connectivity index (χ1) is 18.7. The molecule has 204 valence electrons. The molecule has 1 atom stereocenters. The summed E-state index contributed by atoms with van der Waals surface area (Å²) in [7, 11) is 1.60. The zero-order valence-electron chi connectivity index (χ0n) is 23.1. The Bertz CT molecular complexity index is 1510. The minimum Gasteiger partial charge on any atom is -0.497 e. The number of fused-ring (bicyclic) bond motifs is 1. The number of amides is 2. The van der Waals surface area contributed by atoms with E-state index >= 15 is 0 Å². The van der Waals surface area contributed by atoms with Crippen LogP contribution in [0.1, 0.15) is 56.1 Å². The summed E-state index contributed by atoms with van der Waals surface area (Å²) in [6.07, 6.45) is 2.82. The van der Waals surface area contributed by atoms with Gasteiger partial charge in [0.25, 0.3) is 5.56 Å². The molecule has 0 aliphatic rings. The van der Waals surface area contributed by atoms with E-state index in [-0.39, 0.29) is 11.6 Å². The molecule has 4 aromatic rings. The van der Waals surface area contributed by atoms with Gasteiger partial charge in [-0.05, 0) is 80.8 Å². The lowest BCUT2D eigenvalue weighted by Gasteiger charge is -2.31. The lowest BCUT2D eigenvalue weighted by Crippen LogP contribution is -2.40. The summed E-state index contributed by atoms with van der Waals surface area (Å²) in [5.41, 5.74) is 3.66. The smallest absolute Gasteiger partial charge is 0.322 e. The molecule has 1 N–H and O–H groups in total. The predicted molar refractivity (Wildman–Crippen MR) is 158 cm³/mol. The first-order valence-electron chi connectivity index (χ1n) is 13.3. The van der Waals surface area contributed by atoms with Gasteiger partial charge < -0.3 is 15.0 Å². The molecule has 0 fully saturated rings. The second-order valence-electron chi connectivity index (χ2n) is 9.74. The fourth-order valence-corrected chi connectivity index (χ4v) is 4.94. The molecule has 2 amide bonds. The number of rotatable bonds is 9. The Hall–Kier alpha value is -3.84. The third-order valence-electron chi connectivity index (χ3n) is 7.01. The van der Waals surface area contributed by atoms with E-state index in [0.717, 1.165) is 36.1 Å². The van der Waals surface area contributed by atoms with E-state index in [0.29, 0.717) is 39.7 Å². The predicted octanol–water partition coefficient (Wildman–Crippen LogP) is 7.45. The third-order valence-corrected chi connectivity index (χ3v) is 7.24. The van der Waals surface area contributed by atoms with Gasteiger partial charge in [0.05, 0.1) is 29.7 Å². The van der Waals surface area contributed by atoms with E-state index in [9.17, 15) is 9.59 Å². The Kier molecular flexibility index (Phi) is 8.92. The molecule has 0 aliphatic carbocycles. The van der Waals surface area contributed by atoms with Crippen molar-refractivity contribution in [3.05, 3.63) is 93.0 Å². The SMILES string of the molecule is CCCCCN(C(=O)Nc1c(C)cccc1C)C(C)c1nc2cc(Cl)ccc2c(=O)n1-c1ccc(OC)cc1. The second-order valence-corrected chi connectivity index (χ2v) is 10.2. The van der Waals surface area contributed by atoms with E-state index < -0.39 is 6.04 Å². The zero-order valence-corrected chi connectivity index (χ0v) is 23.9. The Balaban J connectivity index is 1.85. The molecule has 4 rings (SSSR count). The molecule has 3 aromatic carbocycles. The Morgan fingerprint density at radius 2 is 1.77 bits per heavy atom. The van der Waals surface area contributed by atoms with Gasteiger partial charge in [-0.2, -0.15) is 0 Å². The number of carbonyl (C=O) groups is 1. The normalized spacial score (nSPS) is 11.8. The minimum atomic E-state index is -0.524. The molecule has 39 heavy (non-hydrogen) atoms. The number of aromatic nitrogens is 2. The van der Waals surface area contributed by atoms with E-state index in [2.05, 4.69) is 12.2 Å². The monoisotopic (exact) mass is 546 g/mol. The topological polar surface area (TPSA) is 76.5 Å². The molecule has 0 aliphatic heterocycles. The molecule has 0 radical (unpaired) electrons.